The first-order valence-corrected chi connectivity index (χ1v) is 7.80. The molecule has 0 spiro atoms. The molecule has 1 heterocycles. The molecule has 0 aromatic heterocycles. The molecule has 0 saturated carbocycles. The number of benzene rings is 1. The average molecular weight is 295 g/mol. The highest BCUT2D eigenvalue weighted by molar-refractivity contribution is 6.30. The summed E-state index contributed by atoms with van der Waals surface area (Å²) in [5.74, 6) is 0.174. The molecule has 2 N–H and O–H groups in total. The Balaban J connectivity index is 2.05. The van der Waals surface area contributed by atoms with Gasteiger partial charge >= 0.3 is 0 Å². The number of nitrogens with two attached hydrogens (primary N) is 1. The van der Waals surface area contributed by atoms with Crippen molar-refractivity contribution in [3.8, 4) is 0 Å². The van der Waals surface area contributed by atoms with Gasteiger partial charge in [-0.1, -0.05) is 37.1 Å². The SMILES string of the molecule is CCCC(N)CC(=O)N1CCCC1c1cccc(Cl)c1. The maximum absolute atomic E-state index is 12.4. The molecule has 3 nitrogen and oxygen atoms in total. The number of carbonyl (C=O) groups is 1. The molecule has 1 aliphatic heterocycles. The average Bonchev–Trinajstić information content (AvgIpc) is 2.88. The standard InChI is InChI=1S/C16H23ClN2O/c1-2-5-14(18)11-16(20)19-9-4-8-15(19)12-6-3-7-13(17)10-12/h3,6-7,10,14-15H,2,4-5,8-9,11,18H2,1H3. The van der Waals surface area contributed by atoms with E-state index in [0.717, 1.165) is 42.8 Å². The summed E-state index contributed by atoms with van der Waals surface area (Å²) in [5.41, 5.74) is 7.12. The second-order valence-electron chi connectivity index (χ2n) is 5.55. The van der Waals surface area contributed by atoms with Gasteiger partial charge in [0.1, 0.15) is 0 Å². The molecule has 20 heavy (non-hydrogen) atoms. The molecule has 110 valence electrons. The summed E-state index contributed by atoms with van der Waals surface area (Å²) in [7, 11) is 0. The van der Waals surface area contributed by atoms with Crippen LogP contribution in [0.3, 0.4) is 0 Å². The van der Waals surface area contributed by atoms with Gasteiger partial charge in [0.2, 0.25) is 5.91 Å². The lowest BCUT2D eigenvalue weighted by Gasteiger charge is -2.26. The Kier molecular flexibility index (Phi) is 5.44. The molecule has 2 unspecified atom stereocenters. The van der Waals surface area contributed by atoms with Crippen LogP contribution < -0.4 is 5.73 Å². The van der Waals surface area contributed by atoms with Gasteiger partial charge in [-0.2, -0.15) is 0 Å². The van der Waals surface area contributed by atoms with Gasteiger partial charge in [0.15, 0.2) is 0 Å². The number of likely N-dealkylation sites (tertiary alicyclic amines) is 1. The van der Waals surface area contributed by atoms with E-state index in [1.54, 1.807) is 0 Å². The highest BCUT2D eigenvalue weighted by atomic mass is 35.5. The van der Waals surface area contributed by atoms with Gasteiger partial charge in [-0.3, -0.25) is 4.79 Å². The molecule has 1 aromatic carbocycles. The van der Waals surface area contributed by atoms with Gasteiger partial charge in [-0.25, -0.2) is 0 Å². The predicted octanol–water partition coefficient (Wildman–Crippen LogP) is 3.52. The number of amides is 1. The molecule has 1 amide bonds. The molecule has 0 aliphatic carbocycles. The minimum atomic E-state index is -0.0203. The lowest BCUT2D eigenvalue weighted by atomic mass is 10.0. The van der Waals surface area contributed by atoms with Crippen molar-refractivity contribution in [1.82, 2.24) is 4.90 Å². The van der Waals surface area contributed by atoms with Gasteiger partial charge in [0.25, 0.3) is 0 Å². The molecule has 2 atom stereocenters. The Morgan fingerprint density at radius 2 is 2.35 bits per heavy atom. The van der Waals surface area contributed by atoms with Crippen LogP contribution in [0.2, 0.25) is 5.02 Å². The maximum Gasteiger partial charge on any atom is 0.224 e. The van der Waals surface area contributed by atoms with E-state index in [9.17, 15) is 4.79 Å². The summed E-state index contributed by atoms with van der Waals surface area (Å²) in [6.07, 6.45) is 4.43. The van der Waals surface area contributed by atoms with E-state index < -0.39 is 0 Å². The molecule has 1 aliphatic rings. The number of rotatable bonds is 5. The van der Waals surface area contributed by atoms with Crippen LogP contribution in [-0.2, 0) is 4.79 Å². The molecule has 0 bridgehead atoms. The molecule has 1 saturated heterocycles. The third kappa shape index (κ3) is 3.74. The number of hydrogen-bond acceptors (Lipinski definition) is 2. The van der Waals surface area contributed by atoms with Crippen molar-refractivity contribution in [1.29, 1.82) is 0 Å². The Bertz CT molecular complexity index is 464. The van der Waals surface area contributed by atoms with Crippen molar-refractivity contribution >= 4 is 17.5 Å². The zero-order chi connectivity index (χ0) is 14.5. The Morgan fingerprint density at radius 3 is 3.05 bits per heavy atom. The number of carbonyl (C=O) groups excluding carboxylic acids is 1. The van der Waals surface area contributed by atoms with Crippen molar-refractivity contribution in [3.63, 3.8) is 0 Å². The second-order valence-corrected chi connectivity index (χ2v) is 5.99. The van der Waals surface area contributed by atoms with Crippen molar-refractivity contribution in [2.24, 2.45) is 5.73 Å². The zero-order valence-electron chi connectivity index (χ0n) is 12.0. The first-order valence-electron chi connectivity index (χ1n) is 7.42. The Morgan fingerprint density at radius 1 is 1.55 bits per heavy atom. The fraction of sp³-hybridized carbons (Fsp3) is 0.562. The highest BCUT2D eigenvalue weighted by Gasteiger charge is 2.30. The van der Waals surface area contributed by atoms with Crippen LogP contribution >= 0.6 is 11.6 Å². The monoisotopic (exact) mass is 294 g/mol. The smallest absolute Gasteiger partial charge is 0.224 e. The predicted molar refractivity (Wildman–Crippen MR) is 82.6 cm³/mol. The van der Waals surface area contributed by atoms with Crippen LogP contribution in [0.15, 0.2) is 24.3 Å². The molecule has 2 rings (SSSR count). The molecule has 1 aromatic rings. The summed E-state index contributed by atoms with van der Waals surface area (Å²) in [5, 5.41) is 0.726. The zero-order valence-corrected chi connectivity index (χ0v) is 12.8. The van der Waals surface area contributed by atoms with Gasteiger partial charge in [0.05, 0.1) is 6.04 Å². The first kappa shape index (κ1) is 15.3. The van der Waals surface area contributed by atoms with Crippen molar-refractivity contribution in [2.75, 3.05) is 6.54 Å². The third-order valence-corrected chi connectivity index (χ3v) is 4.14. The van der Waals surface area contributed by atoms with Gasteiger partial charge in [-0.15, -0.1) is 0 Å². The van der Waals surface area contributed by atoms with Crippen LogP contribution in [0, 0.1) is 0 Å². The quantitative estimate of drug-likeness (QED) is 0.903. The Labute approximate surface area is 126 Å². The van der Waals surface area contributed by atoms with Crippen LogP contribution in [0.1, 0.15) is 50.6 Å². The van der Waals surface area contributed by atoms with Crippen LogP contribution in [0.4, 0.5) is 0 Å². The van der Waals surface area contributed by atoms with Crippen LogP contribution in [0.25, 0.3) is 0 Å². The molecule has 4 heteroatoms. The van der Waals surface area contributed by atoms with E-state index in [1.807, 2.05) is 29.2 Å². The Hall–Kier alpha value is -1.06. The van der Waals surface area contributed by atoms with Crippen molar-refractivity contribution in [2.45, 2.75) is 51.1 Å². The first-order chi connectivity index (χ1) is 9.61. The third-order valence-electron chi connectivity index (χ3n) is 3.90. The number of hydrogen-bond donors (Lipinski definition) is 1. The molecule has 1 fully saturated rings. The van der Waals surface area contributed by atoms with Gasteiger partial charge < -0.3 is 10.6 Å². The lowest BCUT2D eigenvalue weighted by molar-refractivity contribution is -0.132. The van der Waals surface area contributed by atoms with E-state index in [2.05, 4.69) is 6.92 Å². The maximum atomic E-state index is 12.4. The summed E-state index contributed by atoms with van der Waals surface area (Å²) in [4.78, 5) is 14.4. The summed E-state index contributed by atoms with van der Waals surface area (Å²) >= 11 is 6.05. The summed E-state index contributed by atoms with van der Waals surface area (Å²) < 4.78 is 0. The largest absolute Gasteiger partial charge is 0.336 e. The van der Waals surface area contributed by atoms with E-state index in [0.29, 0.717) is 6.42 Å². The van der Waals surface area contributed by atoms with E-state index in [4.69, 9.17) is 17.3 Å². The van der Waals surface area contributed by atoms with Crippen molar-refractivity contribution in [3.05, 3.63) is 34.9 Å². The topological polar surface area (TPSA) is 46.3 Å². The highest BCUT2D eigenvalue weighted by Crippen LogP contribution is 2.33. The van der Waals surface area contributed by atoms with Crippen molar-refractivity contribution < 1.29 is 4.79 Å². The van der Waals surface area contributed by atoms with Crippen LogP contribution in [0.5, 0.6) is 0 Å². The summed E-state index contributed by atoms with van der Waals surface area (Å²) in [6.45, 7) is 2.92. The van der Waals surface area contributed by atoms with E-state index in [-0.39, 0.29) is 18.0 Å². The molecular formula is C16H23ClN2O. The summed E-state index contributed by atoms with van der Waals surface area (Å²) in [6, 6.07) is 7.96. The minimum Gasteiger partial charge on any atom is -0.336 e. The fourth-order valence-electron chi connectivity index (χ4n) is 2.94. The lowest BCUT2D eigenvalue weighted by Crippen LogP contribution is -2.35. The van der Waals surface area contributed by atoms with Gasteiger partial charge in [-0.05, 0) is 37.0 Å². The fourth-order valence-corrected chi connectivity index (χ4v) is 3.14. The molecule has 0 radical (unpaired) electrons. The number of halogens is 1. The van der Waals surface area contributed by atoms with E-state index in [1.165, 1.54) is 0 Å². The van der Waals surface area contributed by atoms with Crippen LogP contribution in [-0.4, -0.2) is 23.4 Å². The normalized spacial score (nSPS) is 20.1. The minimum absolute atomic E-state index is 0.0203. The molecular weight excluding hydrogens is 272 g/mol. The second kappa shape index (κ2) is 7.09. The van der Waals surface area contributed by atoms with Gasteiger partial charge in [0, 0.05) is 24.0 Å². The number of nitrogens with zero attached hydrogens (tertiary/aromatic N) is 1. The van der Waals surface area contributed by atoms with E-state index >= 15 is 0 Å².